The number of halogens is 3. The minimum atomic E-state index is -4.37. The smallest absolute Gasteiger partial charge is 0.416 e. The summed E-state index contributed by atoms with van der Waals surface area (Å²) >= 11 is 0. The molecule has 1 saturated heterocycles. The fraction of sp³-hybridized carbons (Fsp3) is 0.412. The van der Waals surface area contributed by atoms with Crippen molar-refractivity contribution < 1.29 is 27.4 Å². The highest BCUT2D eigenvalue weighted by molar-refractivity contribution is 5.79. The van der Waals surface area contributed by atoms with Crippen molar-refractivity contribution >= 4 is 11.0 Å². The summed E-state index contributed by atoms with van der Waals surface area (Å²) < 4.78 is 49.6. The number of rotatable bonds is 2. The summed E-state index contributed by atoms with van der Waals surface area (Å²) in [6.07, 6.45) is -3.08. The Labute approximate surface area is 131 Å². The molecule has 1 aromatic carbocycles. The van der Waals surface area contributed by atoms with Crippen molar-refractivity contribution in [2.75, 3.05) is 6.61 Å². The first-order chi connectivity index (χ1) is 11.0. The van der Waals surface area contributed by atoms with Crippen LogP contribution in [-0.2, 0) is 10.9 Å². The third-order valence-corrected chi connectivity index (χ3v) is 3.70. The van der Waals surface area contributed by atoms with E-state index in [2.05, 4.69) is 11.8 Å². The van der Waals surface area contributed by atoms with Gasteiger partial charge in [0.15, 0.2) is 0 Å². The van der Waals surface area contributed by atoms with E-state index in [0.29, 0.717) is 29.6 Å². The van der Waals surface area contributed by atoms with E-state index in [1.807, 2.05) is 0 Å². The summed E-state index contributed by atoms with van der Waals surface area (Å²) in [5, 5.41) is 9.10. The number of aliphatic hydroxyl groups excluding tert-OH is 1. The molecule has 0 aliphatic carbocycles. The molecule has 122 valence electrons. The lowest BCUT2D eigenvalue weighted by atomic mass is 10.1. The molecule has 0 saturated carbocycles. The molecule has 0 spiro atoms. The summed E-state index contributed by atoms with van der Waals surface area (Å²) in [7, 11) is 0. The average Bonchev–Trinajstić information content (AvgIpc) is 3.11. The van der Waals surface area contributed by atoms with Gasteiger partial charge in [0.25, 0.3) is 0 Å². The molecule has 3 nitrogen and oxygen atoms in total. The van der Waals surface area contributed by atoms with Crippen molar-refractivity contribution in [3.05, 3.63) is 35.6 Å². The van der Waals surface area contributed by atoms with Crippen LogP contribution in [0.25, 0.3) is 11.0 Å². The van der Waals surface area contributed by atoms with Gasteiger partial charge in [0.2, 0.25) is 0 Å². The van der Waals surface area contributed by atoms with Crippen LogP contribution >= 0.6 is 0 Å². The Kier molecular flexibility index (Phi) is 4.33. The van der Waals surface area contributed by atoms with Crippen molar-refractivity contribution in [3.63, 3.8) is 0 Å². The monoisotopic (exact) mass is 324 g/mol. The molecule has 23 heavy (non-hydrogen) atoms. The first kappa shape index (κ1) is 15.9. The van der Waals surface area contributed by atoms with E-state index < -0.39 is 11.7 Å². The van der Waals surface area contributed by atoms with E-state index in [1.165, 1.54) is 6.07 Å². The van der Waals surface area contributed by atoms with E-state index in [0.717, 1.165) is 18.6 Å². The lowest BCUT2D eigenvalue weighted by molar-refractivity contribution is -0.137. The Bertz CT molecular complexity index is 752. The maximum atomic E-state index is 12.7. The van der Waals surface area contributed by atoms with Crippen molar-refractivity contribution in [2.45, 2.75) is 37.6 Å². The molecule has 0 bridgehead atoms. The number of hydrogen-bond acceptors (Lipinski definition) is 3. The van der Waals surface area contributed by atoms with Gasteiger partial charge >= 0.3 is 6.18 Å². The standard InChI is InChI=1S/C17H15F3O3/c18-17(19,20)12-4-6-14-11(9-12)10-16(23-14)15-7-5-13(22-15)3-1-2-8-21/h4,6,9-10,13,15,21H,2,5,7-8H2/t13-,15-/m1/s1. The minimum absolute atomic E-state index is 0.00820. The van der Waals surface area contributed by atoms with Crippen molar-refractivity contribution in [1.29, 1.82) is 0 Å². The zero-order valence-corrected chi connectivity index (χ0v) is 12.2. The normalized spacial score (nSPS) is 21.4. The van der Waals surface area contributed by atoms with Gasteiger partial charge in [-0.1, -0.05) is 11.8 Å². The van der Waals surface area contributed by atoms with Gasteiger partial charge in [-0.2, -0.15) is 13.2 Å². The van der Waals surface area contributed by atoms with Crippen LogP contribution in [0.5, 0.6) is 0 Å². The Hall–Kier alpha value is -1.97. The van der Waals surface area contributed by atoms with Crippen LogP contribution in [0.4, 0.5) is 13.2 Å². The van der Waals surface area contributed by atoms with Crippen molar-refractivity contribution in [3.8, 4) is 11.8 Å². The molecular weight excluding hydrogens is 309 g/mol. The van der Waals surface area contributed by atoms with Crippen LogP contribution in [0, 0.1) is 11.8 Å². The fourth-order valence-electron chi connectivity index (χ4n) is 2.59. The van der Waals surface area contributed by atoms with E-state index >= 15 is 0 Å². The van der Waals surface area contributed by atoms with E-state index in [1.54, 1.807) is 6.07 Å². The molecule has 2 heterocycles. The van der Waals surface area contributed by atoms with Crippen LogP contribution in [0.1, 0.15) is 36.7 Å². The molecule has 1 aliphatic rings. The number of furan rings is 1. The second-order valence-electron chi connectivity index (χ2n) is 5.38. The molecule has 0 amide bonds. The highest BCUT2D eigenvalue weighted by atomic mass is 19.4. The average molecular weight is 324 g/mol. The molecule has 2 atom stereocenters. The lowest BCUT2D eigenvalue weighted by Gasteiger charge is -2.06. The largest absolute Gasteiger partial charge is 0.458 e. The topological polar surface area (TPSA) is 42.6 Å². The molecule has 0 unspecified atom stereocenters. The Morgan fingerprint density at radius 3 is 2.78 bits per heavy atom. The molecule has 3 rings (SSSR count). The van der Waals surface area contributed by atoms with Gasteiger partial charge < -0.3 is 14.3 Å². The molecule has 1 fully saturated rings. The van der Waals surface area contributed by atoms with Crippen molar-refractivity contribution in [2.24, 2.45) is 0 Å². The number of benzene rings is 1. The second-order valence-corrected chi connectivity index (χ2v) is 5.38. The second kappa shape index (κ2) is 6.26. The van der Waals surface area contributed by atoms with Gasteiger partial charge in [-0.15, -0.1) is 0 Å². The summed E-state index contributed by atoms with van der Waals surface area (Å²) in [4.78, 5) is 0. The SMILES string of the molecule is OCCC#C[C@@H]1CC[C@H](c2cc3cc(C(F)(F)F)ccc3o2)O1. The van der Waals surface area contributed by atoms with E-state index in [-0.39, 0.29) is 18.8 Å². The van der Waals surface area contributed by atoms with E-state index in [4.69, 9.17) is 14.3 Å². The maximum absolute atomic E-state index is 12.7. The predicted octanol–water partition coefficient (Wildman–Crippen LogP) is 4.06. The van der Waals surface area contributed by atoms with Gasteiger partial charge in [-0.3, -0.25) is 0 Å². The molecular formula is C17H15F3O3. The Morgan fingerprint density at radius 1 is 1.22 bits per heavy atom. The first-order valence-electron chi connectivity index (χ1n) is 7.33. The number of aliphatic hydroxyl groups is 1. The van der Waals surface area contributed by atoms with Crippen LogP contribution in [0.2, 0.25) is 0 Å². The van der Waals surface area contributed by atoms with Crippen LogP contribution in [-0.4, -0.2) is 17.8 Å². The van der Waals surface area contributed by atoms with Gasteiger partial charge in [0, 0.05) is 11.8 Å². The van der Waals surface area contributed by atoms with Gasteiger partial charge in [0.1, 0.15) is 23.6 Å². The van der Waals surface area contributed by atoms with Crippen LogP contribution in [0.3, 0.4) is 0 Å². The number of fused-ring (bicyclic) bond motifs is 1. The summed E-state index contributed by atoms with van der Waals surface area (Å²) in [5.74, 6) is 6.26. The highest BCUT2D eigenvalue weighted by Gasteiger charge is 2.32. The minimum Gasteiger partial charge on any atom is -0.458 e. The summed E-state index contributed by atoms with van der Waals surface area (Å²) in [5.41, 5.74) is -0.288. The lowest BCUT2D eigenvalue weighted by Crippen LogP contribution is -2.03. The van der Waals surface area contributed by atoms with Gasteiger partial charge in [-0.25, -0.2) is 0 Å². The number of hydrogen-bond donors (Lipinski definition) is 1. The predicted molar refractivity (Wildman–Crippen MR) is 77.5 cm³/mol. The van der Waals surface area contributed by atoms with Crippen LogP contribution < -0.4 is 0 Å². The Balaban J connectivity index is 1.78. The van der Waals surface area contributed by atoms with Crippen LogP contribution in [0.15, 0.2) is 28.7 Å². The Morgan fingerprint density at radius 2 is 2.04 bits per heavy atom. The fourth-order valence-corrected chi connectivity index (χ4v) is 2.59. The summed E-state index contributed by atoms with van der Waals surface area (Å²) in [6.45, 7) is 0.00820. The summed E-state index contributed by atoms with van der Waals surface area (Å²) in [6, 6.07) is 5.01. The molecule has 1 aliphatic heterocycles. The van der Waals surface area contributed by atoms with Gasteiger partial charge in [0.05, 0.1) is 12.2 Å². The van der Waals surface area contributed by atoms with Gasteiger partial charge in [-0.05, 0) is 37.1 Å². The number of ether oxygens (including phenoxy) is 1. The first-order valence-corrected chi connectivity index (χ1v) is 7.33. The number of alkyl halides is 3. The van der Waals surface area contributed by atoms with Crippen molar-refractivity contribution in [1.82, 2.24) is 0 Å². The molecule has 1 N–H and O–H groups in total. The molecule has 6 heteroatoms. The highest BCUT2D eigenvalue weighted by Crippen LogP contribution is 2.37. The quantitative estimate of drug-likeness (QED) is 0.847. The molecule has 2 aromatic rings. The molecule has 0 radical (unpaired) electrons. The zero-order chi connectivity index (χ0) is 16.4. The third-order valence-electron chi connectivity index (χ3n) is 3.70. The van der Waals surface area contributed by atoms with E-state index in [9.17, 15) is 13.2 Å². The third kappa shape index (κ3) is 3.52. The zero-order valence-electron chi connectivity index (χ0n) is 12.2. The molecule has 1 aromatic heterocycles. The maximum Gasteiger partial charge on any atom is 0.416 e.